The largest absolute Gasteiger partial charge is 0.327 e. The van der Waals surface area contributed by atoms with E-state index in [0.717, 1.165) is 5.56 Å². The predicted molar refractivity (Wildman–Crippen MR) is 119 cm³/mol. The summed E-state index contributed by atoms with van der Waals surface area (Å²) in [6, 6.07) is 21.1. The summed E-state index contributed by atoms with van der Waals surface area (Å²) >= 11 is 11.9. The molecular weight excluding hydrogens is 421 g/mol. The normalized spacial score (nSPS) is 10.9. The standard InChI is InChI=1S/C23H17Cl2N3O2/c24-17-9-5-15(6-10-17)13-28(23(30)16-7-11-18(25)12-8-16)14-21-26-20-4-2-1-3-19(20)22(29)27-21/h1-12H,13-14H2,(H,26,27,29). The van der Waals surface area contributed by atoms with Crippen molar-refractivity contribution in [2.45, 2.75) is 13.1 Å². The fourth-order valence-electron chi connectivity index (χ4n) is 3.18. The molecule has 150 valence electrons. The number of amides is 1. The lowest BCUT2D eigenvalue weighted by Gasteiger charge is -2.23. The Hall–Kier alpha value is -3.15. The second kappa shape index (κ2) is 8.69. The Bertz CT molecular complexity index is 1250. The van der Waals surface area contributed by atoms with Crippen molar-refractivity contribution in [3.8, 4) is 0 Å². The van der Waals surface area contributed by atoms with Gasteiger partial charge in [0.25, 0.3) is 11.5 Å². The summed E-state index contributed by atoms with van der Waals surface area (Å²) in [4.78, 5) is 34.6. The second-order valence-electron chi connectivity index (χ2n) is 6.82. The van der Waals surface area contributed by atoms with Gasteiger partial charge in [0, 0.05) is 22.2 Å². The fraction of sp³-hybridized carbons (Fsp3) is 0.0870. The van der Waals surface area contributed by atoms with Crippen LogP contribution in [0.1, 0.15) is 21.7 Å². The Kier molecular flexibility index (Phi) is 5.84. The number of fused-ring (bicyclic) bond motifs is 1. The third-order valence-corrected chi connectivity index (χ3v) is 5.17. The van der Waals surface area contributed by atoms with Crippen molar-refractivity contribution < 1.29 is 4.79 Å². The van der Waals surface area contributed by atoms with Crippen molar-refractivity contribution >= 4 is 40.0 Å². The van der Waals surface area contributed by atoms with Gasteiger partial charge in [-0.2, -0.15) is 0 Å². The molecule has 0 aliphatic heterocycles. The van der Waals surface area contributed by atoms with Crippen LogP contribution in [0.4, 0.5) is 0 Å². The lowest BCUT2D eigenvalue weighted by molar-refractivity contribution is 0.0725. The highest BCUT2D eigenvalue weighted by Gasteiger charge is 2.18. The minimum atomic E-state index is -0.235. The molecule has 0 atom stereocenters. The van der Waals surface area contributed by atoms with Gasteiger partial charge in [-0.25, -0.2) is 4.98 Å². The van der Waals surface area contributed by atoms with Crippen LogP contribution in [0.25, 0.3) is 10.9 Å². The molecule has 3 aromatic carbocycles. The maximum Gasteiger partial charge on any atom is 0.258 e. The third-order valence-electron chi connectivity index (χ3n) is 4.67. The third kappa shape index (κ3) is 4.53. The summed E-state index contributed by atoms with van der Waals surface area (Å²) in [6.07, 6.45) is 0. The van der Waals surface area contributed by atoms with E-state index in [9.17, 15) is 9.59 Å². The van der Waals surface area contributed by atoms with Crippen molar-refractivity contribution in [2.75, 3.05) is 0 Å². The van der Waals surface area contributed by atoms with E-state index in [1.54, 1.807) is 59.5 Å². The van der Waals surface area contributed by atoms with Crippen LogP contribution in [0.15, 0.2) is 77.6 Å². The Balaban J connectivity index is 1.69. The molecule has 1 aromatic heterocycles. The number of benzene rings is 3. The number of aromatic nitrogens is 2. The molecule has 1 heterocycles. The number of aromatic amines is 1. The zero-order valence-electron chi connectivity index (χ0n) is 15.8. The number of carbonyl (C=O) groups is 1. The van der Waals surface area contributed by atoms with Crippen LogP contribution in [0.5, 0.6) is 0 Å². The zero-order chi connectivity index (χ0) is 21.1. The molecule has 7 heteroatoms. The Morgan fingerprint density at radius 1 is 0.867 bits per heavy atom. The molecule has 0 aliphatic carbocycles. The second-order valence-corrected chi connectivity index (χ2v) is 7.70. The van der Waals surface area contributed by atoms with Crippen LogP contribution in [-0.4, -0.2) is 20.8 Å². The summed E-state index contributed by atoms with van der Waals surface area (Å²) in [6.45, 7) is 0.472. The minimum Gasteiger partial charge on any atom is -0.327 e. The first-order valence-corrected chi connectivity index (χ1v) is 10.0. The van der Waals surface area contributed by atoms with Gasteiger partial charge in [-0.15, -0.1) is 0 Å². The molecule has 0 spiro atoms. The number of H-pyrrole nitrogens is 1. The Morgan fingerprint density at radius 3 is 2.20 bits per heavy atom. The zero-order valence-corrected chi connectivity index (χ0v) is 17.3. The van der Waals surface area contributed by atoms with E-state index in [0.29, 0.717) is 38.9 Å². The fourth-order valence-corrected chi connectivity index (χ4v) is 3.43. The average Bonchev–Trinajstić information content (AvgIpc) is 2.75. The quantitative estimate of drug-likeness (QED) is 0.473. The first kappa shape index (κ1) is 20.1. The molecule has 30 heavy (non-hydrogen) atoms. The van der Waals surface area contributed by atoms with E-state index in [-0.39, 0.29) is 18.0 Å². The van der Waals surface area contributed by atoms with Gasteiger partial charge >= 0.3 is 0 Å². The average molecular weight is 438 g/mol. The van der Waals surface area contributed by atoms with E-state index in [2.05, 4.69) is 9.97 Å². The van der Waals surface area contributed by atoms with Gasteiger partial charge in [-0.3, -0.25) is 9.59 Å². The molecule has 0 bridgehead atoms. The lowest BCUT2D eigenvalue weighted by atomic mass is 10.1. The minimum absolute atomic E-state index is 0.143. The van der Waals surface area contributed by atoms with Crippen molar-refractivity contribution in [3.05, 3.63) is 110 Å². The molecule has 4 rings (SSSR count). The number of hydrogen-bond donors (Lipinski definition) is 1. The first-order chi connectivity index (χ1) is 14.5. The topological polar surface area (TPSA) is 66.1 Å². The molecule has 0 unspecified atom stereocenters. The molecule has 0 radical (unpaired) electrons. The Morgan fingerprint density at radius 2 is 1.50 bits per heavy atom. The van der Waals surface area contributed by atoms with Crippen LogP contribution >= 0.6 is 23.2 Å². The summed E-state index contributed by atoms with van der Waals surface area (Å²) in [5.74, 6) is 0.215. The molecule has 1 amide bonds. The summed E-state index contributed by atoms with van der Waals surface area (Å²) in [5, 5.41) is 1.68. The van der Waals surface area contributed by atoms with Gasteiger partial charge in [0.05, 0.1) is 17.4 Å². The van der Waals surface area contributed by atoms with Crippen LogP contribution in [-0.2, 0) is 13.1 Å². The maximum absolute atomic E-state index is 13.2. The number of hydrogen-bond acceptors (Lipinski definition) is 3. The molecule has 1 N–H and O–H groups in total. The van der Waals surface area contributed by atoms with E-state index in [1.165, 1.54) is 0 Å². The Labute approximate surface area is 182 Å². The monoisotopic (exact) mass is 437 g/mol. The first-order valence-electron chi connectivity index (χ1n) is 9.27. The number of nitrogens with zero attached hydrogens (tertiary/aromatic N) is 2. The summed E-state index contributed by atoms with van der Waals surface area (Å²) in [5.41, 5.74) is 1.75. The summed E-state index contributed by atoms with van der Waals surface area (Å²) in [7, 11) is 0. The number of halogens is 2. The number of rotatable bonds is 5. The van der Waals surface area contributed by atoms with Gasteiger partial charge in [-0.05, 0) is 54.1 Å². The van der Waals surface area contributed by atoms with Crippen LogP contribution in [0.2, 0.25) is 10.0 Å². The van der Waals surface area contributed by atoms with E-state index in [1.807, 2.05) is 18.2 Å². The van der Waals surface area contributed by atoms with Crippen LogP contribution in [0.3, 0.4) is 0 Å². The van der Waals surface area contributed by atoms with Crippen molar-refractivity contribution in [1.29, 1.82) is 0 Å². The van der Waals surface area contributed by atoms with Crippen molar-refractivity contribution in [3.63, 3.8) is 0 Å². The van der Waals surface area contributed by atoms with Gasteiger partial charge < -0.3 is 9.88 Å². The van der Waals surface area contributed by atoms with E-state index in [4.69, 9.17) is 23.2 Å². The number of nitrogens with one attached hydrogen (secondary N) is 1. The van der Waals surface area contributed by atoms with Crippen LogP contribution in [0, 0.1) is 0 Å². The highest BCUT2D eigenvalue weighted by atomic mass is 35.5. The SMILES string of the molecule is O=C(c1ccc(Cl)cc1)N(Cc1ccc(Cl)cc1)Cc1nc2ccccc2c(=O)[nH]1. The van der Waals surface area contributed by atoms with Crippen molar-refractivity contribution in [2.24, 2.45) is 0 Å². The van der Waals surface area contributed by atoms with Gasteiger partial charge in [-0.1, -0.05) is 47.5 Å². The van der Waals surface area contributed by atoms with Crippen LogP contribution < -0.4 is 5.56 Å². The highest BCUT2D eigenvalue weighted by Crippen LogP contribution is 2.17. The van der Waals surface area contributed by atoms with Gasteiger partial charge in [0.15, 0.2) is 0 Å². The molecule has 5 nitrogen and oxygen atoms in total. The molecule has 0 fully saturated rings. The van der Waals surface area contributed by atoms with Gasteiger partial charge in [0.2, 0.25) is 0 Å². The molecular formula is C23H17Cl2N3O2. The van der Waals surface area contributed by atoms with Gasteiger partial charge in [0.1, 0.15) is 5.82 Å². The van der Waals surface area contributed by atoms with Crippen molar-refractivity contribution in [1.82, 2.24) is 14.9 Å². The highest BCUT2D eigenvalue weighted by molar-refractivity contribution is 6.30. The number of para-hydroxylation sites is 1. The number of carbonyl (C=O) groups excluding carboxylic acids is 1. The summed E-state index contributed by atoms with van der Waals surface area (Å²) < 4.78 is 0. The maximum atomic E-state index is 13.2. The molecule has 0 saturated heterocycles. The molecule has 4 aromatic rings. The van der Waals surface area contributed by atoms with E-state index < -0.39 is 0 Å². The van der Waals surface area contributed by atoms with E-state index >= 15 is 0 Å². The molecule has 0 saturated carbocycles. The predicted octanol–water partition coefficient (Wildman–Crippen LogP) is 5.07. The smallest absolute Gasteiger partial charge is 0.258 e. The lowest BCUT2D eigenvalue weighted by Crippen LogP contribution is -2.31. The molecule has 0 aliphatic rings.